The Balaban J connectivity index is 2.44. The summed E-state index contributed by atoms with van der Waals surface area (Å²) in [5.41, 5.74) is 0.448. The summed E-state index contributed by atoms with van der Waals surface area (Å²) in [6, 6.07) is 8.36. The van der Waals surface area contributed by atoms with E-state index in [1.165, 1.54) is 24.3 Å². The van der Waals surface area contributed by atoms with Crippen LogP contribution >= 0.6 is 34.8 Å². The molecule has 0 unspecified atom stereocenters. The van der Waals surface area contributed by atoms with Gasteiger partial charge in [0.15, 0.2) is 5.78 Å². The first-order valence-electron chi connectivity index (χ1n) is 4.94. The van der Waals surface area contributed by atoms with Crippen molar-refractivity contribution in [2.24, 2.45) is 0 Å². The summed E-state index contributed by atoms with van der Waals surface area (Å²) in [6.07, 6.45) is 0. The third-order valence-electron chi connectivity index (χ3n) is 2.36. The van der Waals surface area contributed by atoms with Crippen molar-refractivity contribution in [1.82, 2.24) is 0 Å². The fourth-order valence-electron chi connectivity index (χ4n) is 1.47. The molecule has 2 aromatic rings. The molecule has 0 amide bonds. The van der Waals surface area contributed by atoms with Gasteiger partial charge in [-0.05, 0) is 36.4 Å². The van der Waals surface area contributed by atoms with Crippen molar-refractivity contribution in [1.29, 1.82) is 0 Å². The molecule has 0 atom stereocenters. The molecule has 0 N–H and O–H groups in total. The van der Waals surface area contributed by atoms with E-state index in [4.69, 9.17) is 34.8 Å². The van der Waals surface area contributed by atoms with Crippen molar-refractivity contribution in [3.63, 3.8) is 0 Å². The van der Waals surface area contributed by atoms with Gasteiger partial charge in [-0.25, -0.2) is 4.39 Å². The summed E-state index contributed by atoms with van der Waals surface area (Å²) < 4.78 is 13.3. The maximum atomic E-state index is 13.3. The van der Waals surface area contributed by atoms with Crippen molar-refractivity contribution in [3.8, 4) is 0 Å². The zero-order valence-electron chi connectivity index (χ0n) is 8.88. The van der Waals surface area contributed by atoms with Crippen molar-refractivity contribution in [3.05, 3.63) is 68.4 Å². The normalized spacial score (nSPS) is 10.4. The highest BCUT2D eigenvalue weighted by Crippen LogP contribution is 2.24. The average Bonchev–Trinajstić information content (AvgIpc) is 2.32. The van der Waals surface area contributed by atoms with Crippen molar-refractivity contribution in [2.45, 2.75) is 0 Å². The highest BCUT2D eigenvalue weighted by atomic mass is 35.5. The minimum absolute atomic E-state index is 0.0336. The maximum Gasteiger partial charge on any atom is 0.194 e. The molecule has 5 heteroatoms. The number of carbonyl (C=O) groups is 1. The van der Waals surface area contributed by atoms with Gasteiger partial charge in [0.2, 0.25) is 0 Å². The van der Waals surface area contributed by atoms with Crippen molar-refractivity contribution >= 4 is 40.6 Å². The van der Waals surface area contributed by atoms with Gasteiger partial charge in [0.1, 0.15) is 5.82 Å². The average molecular weight is 304 g/mol. The topological polar surface area (TPSA) is 17.1 Å². The lowest BCUT2D eigenvalue weighted by Gasteiger charge is -2.05. The van der Waals surface area contributed by atoms with E-state index in [-0.39, 0.29) is 27.0 Å². The van der Waals surface area contributed by atoms with E-state index in [1.807, 2.05) is 0 Å². The second-order valence-corrected chi connectivity index (χ2v) is 4.83. The molecule has 0 saturated heterocycles. The van der Waals surface area contributed by atoms with Gasteiger partial charge in [0, 0.05) is 16.1 Å². The van der Waals surface area contributed by atoms with Crippen LogP contribution in [0.5, 0.6) is 0 Å². The summed E-state index contributed by atoms with van der Waals surface area (Å²) in [5, 5.41) is 0.621. The molecule has 0 aromatic heterocycles. The Morgan fingerprint density at radius 1 is 0.944 bits per heavy atom. The predicted octanol–water partition coefficient (Wildman–Crippen LogP) is 5.02. The minimum atomic E-state index is -0.646. The molecular formula is C13H6Cl3FO. The van der Waals surface area contributed by atoms with Crippen molar-refractivity contribution < 1.29 is 9.18 Å². The summed E-state index contributed by atoms with van der Waals surface area (Å²) in [6.45, 7) is 0. The zero-order chi connectivity index (χ0) is 13.3. The first kappa shape index (κ1) is 13.3. The molecule has 92 valence electrons. The maximum absolute atomic E-state index is 13.3. The fourth-order valence-corrected chi connectivity index (χ4v) is 2.08. The molecule has 2 aromatic carbocycles. The van der Waals surface area contributed by atoms with Crippen LogP contribution in [-0.4, -0.2) is 5.78 Å². The lowest BCUT2D eigenvalue weighted by atomic mass is 10.0. The van der Waals surface area contributed by atoms with Crippen molar-refractivity contribution in [2.75, 3.05) is 0 Å². The molecule has 0 fully saturated rings. The Morgan fingerprint density at radius 3 is 2.28 bits per heavy atom. The largest absolute Gasteiger partial charge is 0.289 e. The van der Waals surface area contributed by atoms with Gasteiger partial charge in [-0.2, -0.15) is 0 Å². The number of ketones is 1. The molecule has 2 rings (SSSR count). The standard InChI is InChI=1S/C13H6Cl3FO/c14-8-2-3-9(11(16)6-8)13(18)7-1-4-10(15)12(17)5-7/h1-6H. The number of hydrogen-bond donors (Lipinski definition) is 0. The predicted molar refractivity (Wildman–Crippen MR) is 71.3 cm³/mol. The van der Waals surface area contributed by atoms with Gasteiger partial charge in [-0.15, -0.1) is 0 Å². The minimum Gasteiger partial charge on any atom is -0.289 e. The SMILES string of the molecule is O=C(c1ccc(Cl)c(F)c1)c1ccc(Cl)cc1Cl. The van der Waals surface area contributed by atoms with E-state index in [2.05, 4.69) is 0 Å². The van der Waals surface area contributed by atoms with Gasteiger partial charge in [0.25, 0.3) is 0 Å². The number of hydrogen-bond acceptors (Lipinski definition) is 1. The van der Waals surface area contributed by atoms with E-state index >= 15 is 0 Å². The summed E-state index contributed by atoms with van der Waals surface area (Å²) >= 11 is 17.2. The third kappa shape index (κ3) is 2.66. The molecule has 0 spiro atoms. The van der Waals surface area contributed by atoms with E-state index < -0.39 is 5.82 Å². The number of carbonyl (C=O) groups excluding carboxylic acids is 1. The van der Waals surface area contributed by atoms with Crippen LogP contribution < -0.4 is 0 Å². The van der Waals surface area contributed by atoms with E-state index in [0.29, 0.717) is 5.02 Å². The molecule has 0 aliphatic carbocycles. The third-order valence-corrected chi connectivity index (χ3v) is 3.21. The van der Waals surface area contributed by atoms with Crippen LogP contribution in [0.15, 0.2) is 36.4 Å². The Kier molecular flexibility index (Phi) is 3.91. The molecule has 1 nitrogen and oxygen atoms in total. The smallest absolute Gasteiger partial charge is 0.194 e. The molecule has 0 aliphatic rings. The molecule has 0 aliphatic heterocycles. The van der Waals surface area contributed by atoms with Gasteiger partial charge in [-0.1, -0.05) is 34.8 Å². The summed E-state index contributed by atoms with van der Waals surface area (Å²) in [4.78, 5) is 12.1. The second kappa shape index (κ2) is 5.27. The molecule has 0 bridgehead atoms. The summed E-state index contributed by atoms with van der Waals surface area (Å²) in [7, 11) is 0. The number of halogens is 4. The number of rotatable bonds is 2. The van der Waals surface area contributed by atoms with Crippen LogP contribution in [0.1, 0.15) is 15.9 Å². The van der Waals surface area contributed by atoms with Gasteiger partial charge < -0.3 is 0 Å². The second-order valence-electron chi connectivity index (χ2n) is 3.58. The van der Waals surface area contributed by atoms with Crippen LogP contribution in [-0.2, 0) is 0 Å². The van der Waals surface area contributed by atoms with E-state index in [0.717, 1.165) is 6.07 Å². The Morgan fingerprint density at radius 2 is 1.67 bits per heavy atom. The fraction of sp³-hybridized carbons (Fsp3) is 0. The first-order valence-corrected chi connectivity index (χ1v) is 6.07. The van der Waals surface area contributed by atoms with Gasteiger partial charge >= 0.3 is 0 Å². The van der Waals surface area contributed by atoms with E-state index in [1.54, 1.807) is 6.07 Å². The molecule has 0 radical (unpaired) electrons. The highest BCUT2D eigenvalue weighted by molar-refractivity contribution is 6.37. The monoisotopic (exact) mass is 302 g/mol. The highest BCUT2D eigenvalue weighted by Gasteiger charge is 2.14. The quantitative estimate of drug-likeness (QED) is 0.712. The Bertz CT molecular complexity index is 626. The lowest BCUT2D eigenvalue weighted by molar-refractivity contribution is 0.103. The number of benzene rings is 2. The Hall–Kier alpha value is -1.09. The molecular weight excluding hydrogens is 297 g/mol. The van der Waals surface area contributed by atoms with E-state index in [9.17, 15) is 9.18 Å². The summed E-state index contributed by atoms with van der Waals surface area (Å²) in [5.74, 6) is -1.03. The lowest BCUT2D eigenvalue weighted by Crippen LogP contribution is -2.02. The van der Waals surface area contributed by atoms with Crippen LogP contribution in [0, 0.1) is 5.82 Å². The van der Waals surface area contributed by atoms with Gasteiger partial charge in [-0.3, -0.25) is 4.79 Å². The van der Waals surface area contributed by atoms with Crippen LogP contribution in [0.25, 0.3) is 0 Å². The zero-order valence-corrected chi connectivity index (χ0v) is 11.2. The van der Waals surface area contributed by atoms with Crippen LogP contribution in [0.4, 0.5) is 4.39 Å². The van der Waals surface area contributed by atoms with Crippen LogP contribution in [0.3, 0.4) is 0 Å². The Labute approximate surface area is 118 Å². The molecule has 0 heterocycles. The molecule has 0 saturated carbocycles. The van der Waals surface area contributed by atoms with Crippen LogP contribution in [0.2, 0.25) is 15.1 Å². The first-order chi connectivity index (χ1) is 8.49. The molecule has 18 heavy (non-hydrogen) atoms. The van der Waals surface area contributed by atoms with Gasteiger partial charge in [0.05, 0.1) is 10.0 Å².